The number of aliphatic hydroxyl groups is 1. The first-order chi connectivity index (χ1) is 15.7. The van der Waals surface area contributed by atoms with Crippen LogP contribution in [0.15, 0.2) is 65.7 Å². The number of aliphatic hydroxyl groups excluding tert-OH is 1. The molecule has 1 amide bonds. The van der Waals surface area contributed by atoms with Crippen LogP contribution in [0.2, 0.25) is 0 Å². The van der Waals surface area contributed by atoms with Crippen LogP contribution < -0.4 is 5.32 Å². The number of rotatable bonds is 8. The van der Waals surface area contributed by atoms with Crippen LogP contribution in [0, 0.1) is 5.92 Å². The fraction of sp³-hybridized carbons (Fsp3) is 0.346. The smallest absolute Gasteiger partial charge is 0.286 e. The van der Waals surface area contributed by atoms with E-state index in [1.165, 1.54) is 28.5 Å². The van der Waals surface area contributed by atoms with Crippen LogP contribution in [0.5, 0.6) is 0 Å². The van der Waals surface area contributed by atoms with Crippen molar-refractivity contribution in [3.05, 3.63) is 82.4 Å². The van der Waals surface area contributed by atoms with E-state index in [9.17, 15) is 9.90 Å². The number of carbonyl (C=O) groups is 1. The molecule has 1 fully saturated rings. The third-order valence-electron chi connectivity index (χ3n) is 6.08. The van der Waals surface area contributed by atoms with Crippen LogP contribution in [0.1, 0.15) is 41.9 Å². The lowest BCUT2D eigenvalue weighted by atomic mass is 9.92. The van der Waals surface area contributed by atoms with Crippen molar-refractivity contribution in [3.8, 4) is 0 Å². The van der Waals surface area contributed by atoms with Gasteiger partial charge in [-0.1, -0.05) is 42.5 Å². The molecule has 2 aromatic carbocycles. The van der Waals surface area contributed by atoms with Crippen molar-refractivity contribution >= 4 is 27.3 Å². The van der Waals surface area contributed by atoms with Crippen molar-refractivity contribution in [2.75, 3.05) is 6.54 Å². The summed E-state index contributed by atoms with van der Waals surface area (Å²) in [5.41, 5.74) is 3.07. The summed E-state index contributed by atoms with van der Waals surface area (Å²) in [5.74, 6) is 0.830. The first-order valence-electron chi connectivity index (χ1n) is 11.1. The predicted octanol–water partition coefficient (Wildman–Crippen LogP) is 4.85. The average Bonchev–Trinajstić information content (AvgIpc) is 3.57. The quantitative estimate of drug-likeness (QED) is 0.516. The molecule has 0 bridgehead atoms. The Morgan fingerprint density at radius 3 is 2.69 bits per heavy atom. The maximum Gasteiger partial charge on any atom is 0.286 e. The SMILES string of the molecule is O=C(NCC1CC1)C1=C[C@@H](c2csc3ccccc23)C[C@@H](OCc2ccc(CO)cc2)O1. The summed E-state index contributed by atoms with van der Waals surface area (Å²) in [6.45, 7) is 1.10. The molecule has 6 heteroatoms. The Balaban J connectivity index is 1.34. The second-order valence-electron chi connectivity index (χ2n) is 8.55. The molecule has 166 valence electrons. The number of hydrogen-bond acceptors (Lipinski definition) is 5. The first-order valence-corrected chi connectivity index (χ1v) is 12.0. The third kappa shape index (κ3) is 4.88. The summed E-state index contributed by atoms with van der Waals surface area (Å²) in [6, 6.07) is 16.0. The van der Waals surface area contributed by atoms with Gasteiger partial charge in [0, 0.05) is 23.6 Å². The molecule has 0 spiro atoms. The van der Waals surface area contributed by atoms with Gasteiger partial charge in [0.25, 0.3) is 5.91 Å². The van der Waals surface area contributed by atoms with Crippen LogP contribution in [0.3, 0.4) is 0 Å². The number of allylic oxidation sites excluding steroid dienone is 1. The van der Waals surface area contributed by atoms with E-state index in [2.05, 4.69) is 28.9 Å². The molecular formula is C26H27NO4S. The van der Waals surface area contributed by atoms with Gasteiger partial charge in [0.1, 0.15) is 0 Å². The molecule has 1 aliphatic heterocycles. The van der Waals surface area contributed by atoms with Crippen molar-refractivity contribution in [2.45, 2.75) is 44.7 Å². The fourth-order valence-electron chi connectivity index (χ4n) is 4.00. The zero-order valence-electron chi connectivity index (χ0n) is 17.8. The Labute approximate surface area is 191 Å². The van der Waals surface area contributed by atoms with Crippen molar-refractivity contribution < 1.29 is 19.4 Å². The summed E-state index contributed by atoms with van der Waals surface area (Å²) in [4.78, 5) is 12.8. The predicted molar refractivity (Wildman–Crippen MR) is 125 cm³/mol. The molecule has 2 atom stereocenters. The first kappa shape index (κ1) is 21.2. The second-order valence-corrected chi connectivity index (χ2v) is 9.46. The molecule has 1 aromatic heterocycles. The van der Waals surface area contributed by atoms with E-state index in [4.69, 9.17) is 9.47 Å². The van der Waals surface area contributed by atoms with Gasteiger partial charge < -0.3 is 19.9 Å². The van der Waals surface area contributed by atoms with Crippen LogP contribution in [-0.4, -0.2) is 23.8 Å². The van der Waals surface area contributed by atoms with E-state index in [-0.39, 0.29) is 18.4 Å². The number of benzene rings is 2. The van der Waals surface area contributed by atoms with E-state index in [0.717, 1.165) is 11.1 Å². The van der Waals surface area contributed by atoms with Gasteiger partial charge in [0.2, 0.25) is 6.29 Å². The van der Waals surface area contributed by atoms with Crippen molar-refractivity contribution in [2.24, 2.45) is 5.92 Å². The fourth-order valence-corrected chi connectivity index (χ4v) is 5.02. The monoisotopic (exact) mass is 449 g/mol. The van der Waals surface area contributed by atoms with Crippen molar-refractivity contribution in [3.63, 3.8) is 0 Å². The highest BCUT2D eigenvalue weighted by molar-refractivity contribution is 7.17. The molecule has 0 unspecified atom stereocenters. The molecule has 2 heterocycles. The minimum Gasteiger partial charge on any atom is -0.459 e. The van der Waals surface area contributed by atoms with Gasteiger partial charge in [-0.15, -0.1) is 11.3 Å². The van der Waals surface area contributed by atoms with Gasteiger partial charge >= 0.3 is 0 Å². The van der Waals surface area contributed by atoms with Gasteiger partial charge in [-0.3, -0.25) is 4.79 Å². The second kappa shape index (κ2) is 9.45. The average molecular weight is 450 g/mol. The van der Waals surface area contributed by atoms with E-state index < -0.39 is 6.29 Å². The molecule has 1 aliphatic carbocycles. The highest BCUT2D eigenvalue weighted by atomic mass is 32.1. The molecule has 0 saturated heterocycles. The summed E-state index contributed by atoms with van der Waals surface area (Å²) in [7, 11) is 0. The summed E-state index contributed by atoms with van der Waals surface area (Å²) in [6.07, 6.45) is 4.46. The van der Waals surface area contributed by atoms with E-state index in [0.29, 0.717) is 31.2 Å². The topological polar surface area (TPSA) is 67.8 Å². The molecular weight excluding hydrogens is 422 g/mol. The molecule has 32 heavy (non-hydrogen) atoms. The van der Waals surface area contributed by atoms with E-state index >= 15 is 0 Å². The van der Waals surface area contributed by atoms with Gasteiger partial charge in [-0.2, -0.15) is 0 Å². The van der Waals surface area contributed by atoms with Crippen LogP contribution in [-0.2, 0) is 27.5 Å². The Morgan fingerprint density at radius 2 is 1.91 bits per heavy atom. The molecule has 5 rings (SSSR count). The number of hydrogen-bond donors (Lipinski definition) is 2. The van der Waals surface area contributed by atoms with E-state index in [1.54, 1.807) is 11.3 Å². The third-order valence-corrected chi connectivity index (χ3v) is 7.06. The lowest BCUT2D eigenvalue weighted by Crippen LogP contribution is -2.33. The lowest BCUT2D eigenvalue weighted by molar-refractivity contribution is -0.150. The number of nitrogens with one attached hydrogen (secondary N) is 1. The van der Waals surface area contributed by atoms with Crippen LogP contribution in [0.25, 0.3) is 10.1 Å². The van der Waals surface area contributed by atoms with Crippen LogP contribution >= 0.6 is 11.3 Å². The Morgan fingerprint density at radius 1 is 1.12 bits per heavy atom. The van der Waals surface area contributed by atoms with Crippen LogP contribution in [0.4, 0.5) is 0 Å². The highest BCUT2D eigenvalue weighted by Gasteiger charge is 2.31. The molecule has 2 N–H and O–H groups in total. The Hall–Kier alpha value is -2.67. The largest absolute Gasteiger partial charge is 0.459 e. The molecule has 0 radical (unpaired) electrons. The van der Waals surface area contributed by atoms with Crippen molar-refractivity contribution in [1.82, 2.24) is 5.32 Å². The molecule has 2 aliphatic rings. The summed E-state index contributed by atoms with van der Waals surface area (Å²) >= 11 is 1.72. The summed E-state index contributed by atoms with van der Waals surface area (Å²) < 4.78 is 13.3. The van der Waals surface area contributed by atoms with Gasteiger partial charge in [-0.05, 0) is 58.4 Å². The van der Waals surface area contributed by atoms with E-state index in [1.807, 2.05) is 36.4 Å². The van der Waals surface area contributed by atoms with Crippen molar-refractivity contribution in [1.29, 1.82) is 0 Å². The zero-order valence-corrected chi connectivity index (χ0v) is 18.6. The number of ether oxygens (including phenoxy) is 2. The van der Waals surface area contributed by atoms with Gasteiger partial charge in [-0.25, -0.2) is 0 Å². The molecule has 3 aromatic rings. The van der Waals surface area contributed by atoms with Gasteiger partial charge in [0.05, 0.1) is 13.2 Å². The Bertz CT molecular complexity index is 1120. The summed E-state index contributed by atoms with van der Waals surface area (Å²) in [5, 5.41) is 15.6. The minimum atomic E-state index is -0.511. The maximum absolute atomic E-state index is 12.8. The number of fused-ring (bicyclic) bond motifs is 1. The standard InChI is InChI=1S/C26H27NO4S/c28-14-18-7-9-19(10-8-18)15-30-25-12-20(22-16-32-24-4-2-1-3-21(22)24)11-23(31-25)26(29)27-13-17-5-6-17/h1-4,7-11,16-17,20,25,28H,5-6,12-15H2,(H,27,29)/t20-,25+/m1/s1. The Kier molecular flexibility index (Phi) is 6.26. The minimum absolute atomic E-state index is 0.0211. The molecule has 1 saturated carbocycles. The number of amides is 1. The number of thiophene rings is 1. The van der Waals surface area contributed by atoms with Gasteiger partial charge in [0.15, 0.2) is 5.76 Å². The lowest BCUT2D eigenvalue weighted by Gasteiger charge is -2.29. The molecule has 5 nitrogen and oxygen atoms in total. The maximum atomic E-state index is 12.8. The number of carbonyl (C=O) groups excluding carboxylic acids is 1. The normalized spacial score (nSPS) is 20.6. The zero-order chi connectivity index (χ0) is 21.9. The highest BCUT2D eigenvalue weighted by Crippen LogP contribution is 2.38.